The van der Waals surface area contributed by atoms with Crippen molar-refractivity contribution in [3.05, 3.63) is 33.9 Å². The summed E-state index contributed by atoms with van der Waals surface area (Å²) in [4.78, 5) is 21.6. The third-order valence-corrected chi connectivity index (χ3v) is 2.52. The molecule has 1 aromatic rings. The predicted octanol–water partition coefficient (Wildman–Crippen LogP) is 1.56. The van der Waals surface area contributed by atoms with Crippen LogP contribution in [0.1, 0.15) is 24.9 Å². The van der Waals surface area contributed by atoms with Crippen molar-refractivity contribution in [2.75, 3.05) is 13.7 Å². The minimum Gasteiger partial charge on any atom is -0.490 e. The maximum atomic E-state index is 11.3. The maximum Gasteiger partial charge on any atom is 0.311 e. The molecule has 0 aromatic heterocycles. The largest absolute Gasteiger partial charge is 0.490 e. The van der Waals surface area contributed by atoms with Crippen molar-refractivity contribution in [3.63, 3.8) is 0 Å². The Kier molecular flexibility index (Phi) is 5.25. The predicted molar refractivity (Wildman–Crippen MR) is 67.8 cm³/mol. The Hall–Kier alpha value is -2.15. The first kappa shape index (κ1) is 14.9. The molecule has 0 radical (unpaired) electrons. The second-order valence-corrected chi connectivity index (χ2v) is 3.80. The Balaban J connectivity index is 2.92. The minimum atomic E-state index is -0.649. The number of nitro groups is 1. The van der Waals surface area contributed by atoms with Gasteiger partial charge in [-0.05, 0) is 18.6 Å². The Morgan fingerprint density at radius 3 is 2.74 bits per heavy atom. The topological polar surface area (TPSA) is 105 Å². The van der Waals surface area contributed by atoms with Gasteiger partial charge in [0, 0.05) is 12.1 Å². The highest BCUT2D eigenvalue weighted by atomic mass is 16.6. The number of esters is 1. The molecule has 2 N–H and O–H groups in total. The van der Waals surface area contributed by atoms with Crippen LogP contribution in [0.4, 0.5) is 5.69 Å². The first-order valence-electron chi connectivity index (χ1n) is 5.73. The van der Waals surface area contributed by atoms with Crippen LogP contribution in [0.5, 0.6) is 5.75 Å². The van der Waals surface area contributed by atoms with Gasteiger partial charge in [-0.2, -0.15) is 0 Å². The molecular weight excluding hydrogens is 252 g/mol. The zero-order chi connectivity index (χ0) is 14.4. The first-order chi connectivity index (χ1) is 8.99. The Morgan fingerprint density at radius 2 is 2.21 bits per heavy atom. The number of benzene rings is 1. The van der Waals surface area contributed by atoms with Crippen LogP contribution < -0.4 is 10.5 Å². The molecule has 19 heavy (non-hydrogen) atoms. The van der Waals surface area contributed by atoms with E-state index in [1.54, 1.807) is 13.0 Å². The van der Waals surface area contributed by atoms with E-state index < -0.39 is 16.9 Å². The van der Waals surface area contributed by atoms with Crippen molar-refractivity contribution >= 4 is 11.7 Å². The fourth-order valence-corrected chi connectivity index (χ4v) is 1.60. The van der Waals surface area contributed by atoms with E-state index in [1.807, 2.05) is 0 Å². The number of carbonyl (C=O) groups excluding carboxylic acids is 1. The quantitative estimate of drug-likeness (QED) is 0.477. The molecule has 104 valence electrons. The van der Waals surface area contributed by atoms with E-state index in [2.05, 4.69) is 0 Å². The number of nitrogens with zero attached hydrogens (tertiary/aromatic N) is 1. The molecule has 1 aromatic carbocycles. The number of nitrogens with two attached hydrogens (primary N) is 1. The second-order valence-electron chi connectivity index (χ2n) is 3.80. The Bertz CT molecular complexity index is 475. The van der Waals surface area contributed by atoms with Crippen LogP contribution >= 0.6 is 0 Å². The average Bonchev–Trinajstić information content (AvgIpc) is 2.37. The summed E-state index contributed by atoms with van der Waals surface area (Å²) in [7, 11) is 1.35. The van der Waals surface area contributed by atoms with Crippen molar-refractivity contribution < 1.29 is 19.2 Å². The van der Waals surface area contributed by atoms with Gasteiger partial charge in [0.2, 0.25) is 0 Å². The van der Waals surface area contributed by atoms with E-state index in [-0.39, 0.29) is 24.5 Å². The van der Waals surface area contributed by atoms with E-state index >= 15 is 0 Å². The number of hydrogen-bond acceptors (Lipinski definition) is 6. The number of ether oxygens (including phenoxy) is 2. The van der Waals surface area contributed by atoms with Crippen LogP contribution in [-0.4, -0.2) is 24.6 Å². The molecule has 0 aliphatic heterocycles. The van der Waals surface area contributed by atoms with Crippen molar-refractivity contribution in [1.29, 1.82) is 0 Å². The van der Waals surface area contributed by atoms with E-state index in [4.69, 9.17) is 15.2 Å². The molecule has 0 fully saturated rings. The van der Waals surface area contributed by atoms with E-state index in [9.17, 15) is 14.9 Å². The standard InChI is InChI=1S/C12H16N2O5/c1-3-19-12(15)7-9(13)8-4-5-11(18-2)10(6-8)14(16)17/h4-6,9H,3,7,13H2,1-2H3/t9-/m1/s1. The Labute approximate surface area is 110 Å². The normalized spacial score (nSPS) is 11.7. The SMILES string of the molecule is CCOC(=O)C[C@@H](N)c1ccc(OC)c([N+](=O)[O-])c1. The van der Waals surface area contributed by atoms with Gasteiger partial charge in [0.05, 0.1) is 25.1 Å². The van der Waals surface area contributed by atoms with Crippen LogP contribution in [0.2, 0.25) is 0 Å². The highest BCUT2D eigenvalue weighted by Gasteiger charge is 2.19. The summed E-state index contributed by atoms with van der Waals surface area (Å²) in [6.07, 6.45) is -0.0304. The molecular formula is C12H16N2O5. The van der Waals surface area contributed by atoms with Crippen molar-refractivity contribution in [2.24, 2.45) is 5.73 Å². The van der Waals surface area contributed by atoms with Gasteiger partial charge in [0.25, 0.3) is 0 Å². The van der Waals surface area contributed by atoms with Crippen LogP contribution in [0.3, 0.4) is 0 Å². The molecule has 0 unspecified atom stereocenters. The molecule has 0 bridgehead atoms. The van der Waals surface area contributed by atoms with Gasteiger partial charge in [-0.25, -0.2) is 0 Å². The molecule has 1 rings (SSSR count). The van der Waals surface area contributed by atoms with Crippen LogP contribution in [-0.2, 0) is 9.53 Å². The second kappa shape index (κ2) is 6.69. The van der Waals surface area contributed by atoms with Crippen LogP contribution in [0.15, 0.2) is 18.2 Å². The van der Waals surface area contributed by atoms with Gasteiger partial charge in [0.1, 0.15) is 0 Å². The molecule has 0 aliphatic carbocycles. The van der Waals surface area contributed by atoms with Crippen LogP contribution in [0.25, 0.3) is 0 Å². The van der Waals surface area contributed by atoms with Gasteiger partial charge in [0.15, 0.2) is 5.75 Å². The summed E-state index contributed by atoms with van der Waals surface area (Å²) in [5, 5.41) is 10.9. The molecule has 0 amide bonds. The highest BCUT2D eigenvalue weighted by Crippen LogP contribution is 2.30. The highest BCUT2D eigenvalue weighted by molar-refractivity contribution is 5.70. The molecule has 7 nitrogen and oxygen atoms in total. The van der Waals surface area contributed by atoms with E-state index in [0.29, 0.717) is 5.56 Å². The molecule has 0 spiro atoms. The molecule has 0 aliphatic rings. The summed E-state index contributed by atoms with van der Waals surface area (Å²) < 4.78 is 9.67. The zero-order valence-electron chi connectivity index (χ0n) is 10.8. The summed E-state index contributed by atoms with van der Waals surface area (Å²) in [6.45, 7) is 1.97. The van der Waals surface area contributed by atoms with Crippen molar-refractivity contribution in [3.8, 4) is 5.75 Å². The fourth-order valence-electron chi connectivity index (χ4n) is 1.60. The molecule has 0 saturated heterocycles. The Morgan fingerprint density at radius 1 is 1.53 bits per heavy atom. The third kappa shape index (κ3) is 3.92. The lowest BCUT2D eigenvalue weighted by Gasteiger charge is -2.12. The number of nitro benzene ring substituents is 1. The van der Waals surface area contributed by atoms with Gasteiger partial charge in [-0.3, -0.25) is 14.9 Å². The summed E-state index contributed by atoms with van der Waals surface area (Å²) in [5.41, 5.74) is 6.13. The number of hydrogen-bond donors (Lipinski definition) is 1. The number of carbonyl (C=O) groups is 1. The first-order valence-corrected chi connectivity index (χ1v) is 5.73. The maximum absolute atomic E-state index is 11.3. The smallest absolute Gasteiger partial charge is 0.311 e. The summed E-state index contributed by atoms with van der Waals surface area (Å²) in [5.74, 6) is -0.287. The lowest BCUT2D eigenvalue weighted by Crippen LogP contribution is -2.17. The number of methoxy groups -OCH3 is 1. The van der Waals surface area contributed by atoms with Crippen LogP contribution in [0, 0.1) is 10.1 Å². The van der Waals surface area contributed by atoms with Gasteiger partial charge >= 0.3 is 11.7 Å². The zero-order valence-corrected chi connectivity index (χ0v) is 10.8. The van der Waals surface area contributed by atoms with Gasteiger partial charge in [-0.1, -0.05) is 6.07 Å². The minimum absolute atomic E-state index is 0.0304. The lowest BCUT2D eigenvalue weighted by atomic mass is 10.0. The number of rotatable bonds is 6. The van der Waals surface area contributed by atoms with Gasteiger partial charge < -0.3 is 15.2 Å². The van der Waals surface area contributed by atoms with E-state index in [1.165, 1.54) is 19.2 Å². The molecule has 7 heteroatoms. The van der Waals surface area contributed by atoms with Crippen molar-refractivity contribution in [2.45, 2.75) is 19.4 Å². The monoisotopic (exact) mass is 268 g/mol. The molecule has 0 saturated carbocycles. The third-order valence-electron chi connectivity index (χ3n) is 2.52. The summed E-state index contributed by atoms with van der Waals surface area (Å²) in [6, 6.07) is 3.71. The lowest BCUT2D eigenvalue weighted by molar-refractivity contribution is -0.385. The average molecular weight is 268 g/mol. The van der Waals surface area contributed by atoms with Gasteiger partial charge in [-0.15, -0.1) is 0 Å². The summed E-state index contributed by atoms with van der Waals surface area (Å²) >= 11 is 0. The fraction of sp³-hybridized carbons (Fsp3) is 0.417. The van der Waals surface area contributed by atoms with Crippen molar-refractivity contribution in [1.82, 2.24) is 0 Å². The van der Waals surface area contributed by atoms with E-state index in [0.717, 1.165) is 0 Å². The molecule has 1 atom stereocenters. The molecule has 0 heterocycles.